The van der Waals surface area contributed by atoms with Gasteiger partial charge in [0.2, 0.25) is 0 Å². The first-order valence-electron chi connectivity index (χ1n) is 9.46. The van der Waals surface area contributed by atoms with Crippen LogP contribution in [0.5, 0.6) is 0 Å². The number of Topliss-reactive ketones (excluding diaryl/α,β-unsaturated/α-hetero) is 1. The van der Waals surface area contributed by atoms with Gasteiger partial charge < -0.3 is 20.2 Å². The summed E-state index contributed by atoms with van der Waals surface area (Å²) in [6, 6.07) is 19.4. The Morgan fingerprint density at radius 3 is 2.55 bits per heavy atom. The number of aliphatic hydroxyl groups excluding tert-OH is 1. The van der Waals surface area contributed by atoms with E-state index in [4.69, 9.17) is 4.42 Å². The highest BCUT2D eigenvalue weighted by molar-refractivity contribution is 6.03. The lowest BCUT2D eigenvalue weighted by Gasteiger charge is -2.19. The third-order valence-electron chi connectivity index (χ3n) is 4.62. The van der Waals surface area contributed by atoms with Crippen LogP contribution >= 0.6 is 0 Å². The van der Waals surface area contributed by atoms with Gasteiger partial charge in [-0.1, -0.05) is 49.4 Å². The molecule has 0 fully saturated rings. The van der Waals surface area contributed by atoms with Gasteiger partial charge in [0, 0.05) is 17.8 Å². The molecule has 0 aliphatic rings. The molecular weight excluding hydrogens is 368 g/mol. The van der Waals surface area contributed by atoms with Crippen molar-refractivity contribution in [3.05, 3.63) is 89.9 Å². The Labute approximate surface area is 169 Å². The molecule has 0 aliphatic carbocycles. The van der Waals surface area contributed by atoms with E-state index in [0.717, 1.165) is 5.56 Å². The molecule has 0 radical (unpaired) electrons. The largest absolute Gasteiger partial charge is 0.459 e. The molecule has 1 aromatic heterocycles. The number of ketones is 1. The number of hydrogen-bond acceptors (Lipinski definition) is 5. The lowest BCUT2D eigenvalue weighted by atomic mass is 9.97. The van der Waals surface area contributed by atoms with E-state index in [1.54, 1.807) is 36.4 Å². The van der Waals surface area contributed by atoms with Crippen molar-refractivity contribution >= 4 is 17.4 Å². The fraction of sp³-hybridized carbons (Fsp3) is 0.217. The molecule has 2 aromatic carbocycles. The molecule has 3 N–H and O–H groups in total. The minimum atomic E-state index is -0.598. The molecule has 0 saturated heterocycles. The summed E-state index contributed by atoms with van der Waals surface area (Å²) in [5, 5.41) is 16.2. The Kier molecular flexibility index (Phi) is 6.94. The quantitative estimate of drug-likeness (QED) is 0.483. The number of hydrogen-bond donors (Lipinski definition) is 3. The van der Waals surface area contributed by atoms with E-state index >= 15 is 0 Å². The maximum Gasteiger partial charge on any atom is 0.291 e. The van der Waals surface area contributed by atoms with E-state index in [9.17, 15) is 14.7 Å². The van der Waals surface area contributed by atoms with Gasteiger partial charge in [-0.2, -0.15) is 0 Å². The van der Waals surface area contributed by atoms with Crippen LogP contribution in [-0.4, -0.2) is 29.9 Å². The Morgan fingerprint density at radius 1 is 1.03 bits per heavy atom. The number of amides is 1. The van der Waals surface area contributed by atoms with Crippen molar-refractivity contribution in [2.45, 2.75) is 13.0 Å². The molecule has 6 nitrogen and oxygen atoms in total. The molecule has 2 atom stereocenters. The Bertz CT molecular complexity index is 939. The smallest absolute Gasteiger partial charge is 0.291 e. The summed E-state index contributed by atoms with van der Waals surface area (Å²) < 4.78 is 5.06. The van der Waals surface area contributed by atoms with Crippen molar-refractivity contribution in [1.29, 1.82) is 0 Å². The highest BCUT2D eigenvalue weighted by atomic mass is 16.3. The van der Waals surface area contributed by atoms with Crippen molar-refractivity contribution in [3.63, 3.8) is 0 Å². The van der Waals surface area contributed by atoms with E-state index in [1.165, 1.54) is 6.26 Å². The summed E-state index contributed by atoms with van der Waals surface area (Å²) in [6.45, 7) is 2.57. The monoisotopic (exact) mass is 392 g/mol. The number of aliphatic hydroxyl groups is 1. The van der Waals surface area contributed by atoms with Crippen LogP contribution in [0.4, 0.5) is 5.69 Å². The van der Waals surface area contributed by atoms with Crippen LogP contribution in [0.3, 0.4) is 0 Å². The topological polar surface area (TPSA) is 91.6 Å². The van der Waals surface area contributed by atoms with Gasteiger partial charge >= 0.3 is 0 Å². The predicted molar refractivity (Wildman–Crippen MR) is 111 cm³/mol. The van der Waals surface area contributed by atoms with Crippen molar-refractivity contribution in [3.8, 4) is 0 Å². The second kappa shape index (κ2) is 9.82. The molecule has 0 spiro atoms. The summed E-state index contributed by atoms with van der Waals surface area (Å²) in [5.74, 6) is -0.319. The lowest BCUT2D eigenvalue weighted by Crippen LogP contribution is -2.30. The first-order valence-corrected chi connectivity index (χ1v) is 9.46. The second-order valence-corrected chi connectivity index (χ2v) is 6.90. The van der Waals surface area contributed by atoms with Crippen LogP contribution in [-0.2, 0) is 0 Å². The van der Waals surface area contributed by atoms with Crippen LogP contribution < -0.4 is 10.6 Å². The van der Waals surface area contributed by atoms with Gasteiger partial charge in [0.25, 0.3) is 5.91 Å². The van der Waals surface area contributed by atoms with Crippen LogP contribution in [0.25, 0.3) is 0 Å². The Morgan fingerprint density at radius 2 is 1.83 bits per heavy atom. The molecule has 6 heteroatoms. The third kappa shape index (κ3) is 5.63. The third-order valence-corrected chi connectivity index (χ3v) is 4.62. The molecule has 1 heterocycles. The van der Waals surface area contributed by atoms with Crippen LogP contribution in [0.1, 0.15) is 39.5 Å². The average Bonchev–Trinajstić information content (AvgIpc) is 3.29. The number of benzene rings is 2. The zero-order valence-corrected chi connectivity index (χ0v) is 16.2. The minimum absolute atomic E-state index is 0.0517. The van der Waals surface area contributed by atoms with Gasteiger partial charge in [-0.05, 0) is 35.7 Å². The number of furan rings is 1. The maximum absolute atomic E-state index is 12.5. The molecule has 29 heavy (non-hydrogen) atoms. The van der Waals surface area contributed by atoms with Gasteiger partial charge in [0.15, 0.2) is 11.5 Å². The molecule has 3 aromatic rings. The zero-order valence-electron chi connectivity index (χ0n) is 16.2. The number of carbonyl (C=O) groups excluding carboxylic acids is 2. The van der Waals surface area contributed by atoms with E-state index in [1.807, 2.05) is 37.3 Å². The van der Waals surface area contributed by atoms with Gasteiger partial charge in [0.1, 0.15) is 0 Å². The molecule has 3 rings (SSSR count). The predicted octanol–water partition coefficient (Wildman–Crippen LogP) is 3.67. The zero-order chi connectivity index (χ0) is 20.6. The van der Waals surface area contributed by atoms with Gasteiger partial charge in [-0.3, -0.25) is 9.59 Å². The summed E-state index contributed by atoms with van der Waals surface area (Å²) in [5.41, 5.74) is 1.87. The second-order valence-electron chi connectivity index (χ2n) is 6.90. The fourth-order valence-corrected chi connectivity index (χ4v) is 2.98. The van der Waals surface area contributed by atoms with Crippen LogP contribution in [0.2, 0.25) is 0 Å². The molecule has 0 bridgehead atoms. The van der Waals surface area contributed by atoms with E-state index < -0.39 is 6.10 Å². The minimum Gasteiger partial charge on any atom is -0.459 e. The average molecular weight is 392 g/mol. The normalized spacial score (nSPS) is 12.9. The molecule has 150 valence electrons. The first kappa shape index (κ1) is 20.5. The number of anilines is 1. The van der Waals surface area contributed by atoms with Crippen LogP contribution in [0, 0.1) is 5.92 Å². The highest BCUT2D eigenvalue weighted by Crippen LogP contribution is 2.20. The van der Waals surface area contributed by atoms with Crippen molar-refractivity contribution in [1.82, 2.24) is 5.32 Å². The maximum atomic E-state index is 12.5. The standard InChI is InChI=1S/C23H24N2O4/c1-16(22(27)17-7-3-2-4-8-17)14-24-15-20(26)18-9-5-10-19(13-18)25-23(28)21-11-6-12-29-21/h2-13,16,22,24,27H,14-15H2,1H3,(H,25,28). The SMILES string of the molecule is CC(CNCC(=O)c1cccc(NC(=O)c2ccco2)c1)C(O)c1ccccc1. The van der Waals surface area contributed by atoms with Crippen molar-refractivity contribution in [2.75, 3.05) is 18.4 Å². The fourth-order valence-electron chi connectivity index (χ4n) is 2.98. The van der Waals surface area contributed by atoms with Gasteiger partial charge in [0.05, 0.1) is 18.9 Å². The summed E-state index contributed by atoms with van der Waals surface area (Å²) >= 11 is 0. The number of carbonyl (C=O) groups is 2. The van der Waals surface area contributed by atoms with E-state index in [0.29, 0.717) is 17.8 Å². The molecule has 0 aliphatic heterocycles. The number of rotatable bonds is 9. The van der Waals surface area contributed by atoms with Crippen molar-refractivity contribution in [2.24, 2.45) is 5.92 Å². The Balaban J connectivity index is 1.51. The molecule has 1 amide bonds. The lowest BCUT2D eigenvalue weighted by molar-refractivity contribution is 0.0966. The van der Waals surface area contributed by atoms with E-state index in [-0.39, 0.29) is 29.9 Å². The molecule has 0 saturated carbocycles. The summed E-state index contributed by atoms with van der Waals surface area (Å²) in [7, 11) is 0. The van der Waals surface area contributed by atoms with Gasteiger partial charge in [-0.25, -0.2) is 0 Å². The first-order chi connectivity index (χ1) is 14.0. The summed E-state index contributed by atoms with van der Waals surface area (Å²) in [6.07, 6.45) is 0.829. The van der Waals surface area contributed by atoms with Gasteiger partial charge in [-0.15, -0.1) is 0 Å². The van der Waals surface area contributed by atoms with Crippen LogP contribution in [0.15, 0.2) is 77.4 Å². The molecular formula is C23H24N2O4. The van der Waals surface area contributed by atoms with E-state index in [2.05, 4.69) is 10.6 Å². The number of nitrogens with one attached hydrogen (secondary N) is 2. The Hall–Kier alpha value is -3.22. The summed E-state index contributed by atoms with van der Waals surface area (Å²) in [4.78, 5) is 24.5. The van der Waals surface area contributed by atoms with Crippen molar-refractivity contribution < 1.29 is 19.1 Å². The molecule has 2 unspecified atom stereocenters. The highest BCUT2D eigenvalue weighted by Gasteiger charge is 2.16.